The van der Waals surface area contributed by atoms with Gasteiger partial charge in [0.25, 0.3) is 17.7 Å². The van der Waals surface area contributed by atoms with E-state index in [0.717, 1.165) is 24.4 Å². The van der Waals surface area contributed by atoms with Gasteiger partial charge < -0.3 is 4.90 Å². The number of azo groups is 1. The maximum Gasteiger partial charge on any atom is 0.277 e. The number of carbonyl (C=O) groups excluding carboxylic acids is 3. The Hall–Kier alpha value is -1.78. The second-order valence-electron chi connectivity index (χ2n) is 8.38. The molecule has 0 radical (unpaired) electrons. The average Bonchev–Trinajstić information content (AvgIpc) is 3.43. The van der Waals surface area contributed by atoms with Crippen LogP contribution in [-0.2, 0) is 15.0 Å². The maximum absolute atomic E-state index is 13.2. The van der Waals surface area contributed by atoms with Crippen LogP contribution in [0.25, 0.3) is 0 Å². The van der Waals surface area contributed by atoms with Crippen LogP contribution in [0, 0.1) is 0 Å². The Bertz CT molecular complexity index is 854. The number of hydrazine groups is 1. The van der Waals surface area contributed by atoms with E-state index in [0.29, 0.717) is 29.3 Å². The molecule has 0 bridgehead atoms. The second kappa shape index (κ2) is 9.79. The summed E-state index contributed by atoms with van der Waals surface area (Å²) in [6, 6.07) is -1.32. The van der Waals surface area contributed by atoms with Crippen molar-refractivity contribution in [3.63, 3.8) is 0 Å². The summed E-state index contributed by atoms with van der Waals surface area (Å²) in [5, 5.41) is 11.0. The molecule has 0 saturated carbocycles. The molecule has 1 aromatic rings. The topological polar surface area (TPSA) is 98.5 Å². The van der Waals surface area contributed by atoms with Gasteiger partial charge >= 0.3 is 0 Å². The number of carbonyl (C=O) groups is 3. The zero-order valence-corrected chi connectivity index (χ0v) is 20.1. The van der Waals surface area contributed by atoms with Gasteiger partial charge in [0.05, 0.1) is 18.8 Å². The molecule has 2 aliphatic heterocycles. The zero-order valence-electron chi connectivity index (χ0n) is 17.8. The van der Waals surface area contributed by atoms with E-state index < -0.39 is 17.9 Å². The number of amides is 3. The van der Waals surface area contributed by atoms with Gasteiger partial charge in [0.2, 0.25) is 6.04 Å². The molecule has 3 rings (SSSR count). The first-order valence-electron chi connectivity index (χ1n) is 10.2. The molecule has 0 unspecified atom stereocenters. The Balaban J connectivity index is 1.93. The Morgan fingerprint density at radius 3 is 2.13 bits per heavy atom. The van der Waals surface area contributed by atoms with Crippen molar-refractivity contribution in [1.29, 1.82) is 0 Å². The minimum Gasteiger partial charge on any atom is -0.338 e. The number of rotatable bonds is 7. The highest BCUT2D eigenvalue weighted by atomic mass is 35.5. The standard InChI is InChI=1S/C19H26Cl2N6O3S/c1-19(2,3)14-12(16(28)25-8-4-5-9-25)15(31-24-14)23-22-13-17(29)26(10-6-20)27(11-7-21)18(13)30/h13H,4-11H2,1-3H3/b23-22+. The van der Waals surface area contributed by atoms with E-state index in [-0.39, 0.29) is 36.2 Å². The molecule has 0 aliphatic carbocycles. The molecule has 2 aliphatic rings. The van der Waals surface area contributed by atoms with Crippen molar-refractivity contribution in [3.05, 3.63) is 11.3 Å². The Morgan fingerprint density at radius 2 is 1.65 bits per heavy atom. The van der Waals surface area contributed by atoms with Crippen LogP contribution in [0.4, 0.5) is 5.00 Å². The van der Waals surface area contributed by atoms with E-state index in [4.69, 9.17) is 23.2 Å². The van der Waals surface area contributed by atoms with Gasteiger partial charge in [-0.25, -0.2) is 10.0 Å². The molecule has 0 N–H and O–H groups in total. The zero-order chi connectivity index (χ0) is 22.8. The number of nitrogens with zero attached hydrogens (tertiary/aromatic N) is 6. The number of alkyl halides is 2. The smallest absolute Gasteiger partial charge is 0.277 e. The fraction of sp³-hybridized carbons (Fsp3) is 0.684. The van der Waals surface area contributed by atoms with Crippen molar-refractivity contribution >= 4 is 57.5 Å². The number of likely N-dealkylation sites (tertiary alicyclic amines) is 1. The highest BCUT2D eigenvalue weighted by Crippen LogP contribution is 2.37. The van der Waals surface area contributed by atoms with Crippen molar-refractivity contribution in [2.45, 2.75) is 45.1 Å². The summed E-state index contributed by atoms with van der Waals surface area (Å²) >= 11 is 12.6. The molecule has 31 heavy (non-hydrogen) atoms. The average molecular weight is 489 g/mol. The first-order chi connectivity index (χ1) is 14.7. The molecule has 0 atom stereocenters. The van der Waals surface area contributed by atoms with Gasteiger partial charge in [0.15, 0.2) is 5.00 Å². The van der Waals surface area contributed by atoms with Gasteiger partial charge in [-0.3, -0.25) is 14.4 Å². The van der Waals surface area contributed by atoms with Crippen LogP contribution >= 0.6 is 34.7 Å². The summed E-state index contributed by atoms with van der Waals surface area (Å²) in [5.74, 6) is -0.818. The fourth-order valence-electron chi connectivity index (χ4n) is 3.59. The lowest BCUT2D eigenvalue weighted by Gasteiger charge is -2.25. The number of aromatic nitrogens is 1. The Kier molecular flexibility index (Phi) is 7.54. The molecule has 2 fully saturated rings. The summed E-state index contributed by atoms with van der Waals surface area (Å²) in [7, 11) is 0. The largest absolute Gasteiger partial charge is 0.338 e. The molecule has 170 valence electrons. The van der Waals surface area contributed by atoms with Crippen molar-refractivity contribution in [3.8, 4) is 0 Å². The number of halogens is 2. The van der Waals surface area contributed by atoms with Crippen molar-refractivity contribution in [2.24, 2.45) is 10.2 Å². The van der Waals surface area contributed by atoms with Crippen LogP contribution in [-0.4, -0.2) is 81.0 Å². The van der Waals surface area contributed by atoms with Gasteiger partial charge in [0, 0.05) is 30.3 Å². The van der Waals surface area contributed by atoms with Gasteiger partial charge in [-0.15, -0.1) is 28.3 Å². The molecule has 12 heteroatoms. The number of hydrogen-bond acceptors (Lipinski definition) is 7. The van der Waals surface area contributed by atoms with Gasteiger partial charge in [0.1, 0.15) is 5.56 Å². The number of hydrogen-bond donors (Lipinski definition) is 0. The SMILES string of the molecule is CC(C)(C)c1nsc(/N=N/C2C(=O)N(CCCl)N(CCCl)C2=O)c1C(=O)N1CCCC1. The van der Waals surface area contributed by atoms with E-state index in [2.05, 4.69) is 14.6 Å². The lowest BCUT2D eigenvalue weighted by molar-refractivity contribution is -0.145. The van der Waals surface area contributed by atoms with Crippen LogP contribution < -0.4 is 0 Å². The molecule has 0 aromatic carbocycles. The molecule has 2 saturated heterocycles. The van der Waals surface area contributed by atoms with Crippen molar-refractivity contribution in [2.75, 3.05) is 37.9 Å². The van der Waals surface area contributed by atoms with Crippen LogP contribution in [0.15, 0.2) is 10.2 Å². The first-order valence-corrected chi connectivity index (χ1v) is 12.0. The predicted molar refractivity (Wildman–Crippen MR) is 119 cm³/mol. The maximum atomic E-state index is 13.2. The van der Waals surface area contributed by atoms with Crippen molar-refractivity contribution in [1.82, 2.24) is 19.3 Å². The van der Waals surface area contributed by atoms with E-state index in [9.17, 15) is 14.4 Å². The van der Waals surface area contributed by atoms with Gasteiger partial charge in [-0.05, 0) is 24.4 Å². The van der Waals surface area contributed by atoms with Crippen LogP contribution in [0.5, 0.6) is 0 Å². The van der Waals surface area contributed by atoms with Gasteiger partial charge in [-0.2, -0.15) is 9.49 Å². The summed E-state index contributed by atoms with van der Waals surface area (Å²) in [5.41, 5.74) is 0.665. The van der Waals surface area contributed by atoms with E-state index in [1.165, 1.54) is 10.0 Å². The van der Waals surface area contributed by atoms with Crippen LogP contribution in [0.2, 0.25) is 0 Å². The van der Waals surface area contributed by atoms with E-state index in [1.807, 2.05) is 20.8 Å². The Morgan fingerprint density at radius 1 is 1.10 bits per heavy atom. The van der Waals surface area contributed by atoms with Crippen LogP contribution in [0.1, 0.15) is 49.7 Å². The molecule has 9 nitrogen and oxygen atoms in total. The predicted octanol–water partition coefficient (Wildman–Crippen LogP) is 3.19. The lowest BCUT2D eigenvalue weighted by atomic mass is 9.89. The summed E-state index contributed by atoms with van der Waals surface area (Å²) in [6.45, 7) is 7.64. The third kappa shape index (κ3) is 4.85. The summed E-state index contributed by atoms with van der Waals surface area (Å²) in [6.07, 6.45) is 1.92. The molecule has 1 aromatic heterocycles. The Labute approximate surface area is 195 Å². The molecule has 3 amide bonds. The normalized spacial score (nSPS) is 18.3. The lowest BCUT2D eigenvalue weighted by Crippen LogP contribution is -2.43. The summed E-state index contributed by atoms with van der Waals surface area (Å²) < 4.78 is 4.47. The first kappa shape index (κ1) is 23.9. The highest BCUT2D eigenvalue weighted by Gasteiger charge is 2.45. The fourth-order valence-corrected chi connectivity index (χ4v) is 4.81. The minimum atomic E-state index is -1.32. The third-order valence-electron chi connectivity index (χ3n) is 5.12. The monoisotopic (exact) mass is 488 g/mol. The molecule has 0 spiro atoms. The highest BCUT2D eigenvalue weighted by molar-refractivity contribution is 7.10. The molecule has 3 heterocycles. The van der Waals surface area contributed by atoms with Crippen molar-refractivity contribution < 1.29 is 14.4 Å². The molecular weight excluding hydrogens is 463 g/mol. The van der Waals surface area contributed by atoms with E-state index in [1.54, 1.807) is 4.90 Å². The van der Waals surface area contributed by atoms with E-state index >= 15 is 0 Å². The minimum absolute atomic E-state index is 0.137. The summed E-state index contributed by atoms with van der Waals surface area (Å²) in [4.78, 5) is 40.4. The second-order valence-corrected chi connectivity index (χ2v) is 9.89. The third-order valence-corrected chi connectivity index (χ3v) is 6.19. The quantitative estimate of drug-likeness (QED) is 0.334. The molecular formula is C19H26Cl2N6O3S. The van der Waals surface area contributed by atoms with Crippen LogP contribution in [0.3, 0.4) is 0 Å². The van der Waals surface area contributed by atoms with Gasteiger partial charge in [-0.1, -0.05) is 20.8 Å².